The Morgan fingerprint density at radius 1 is 1.11 bits per heavy atom. The van der Waals surface area contributed by atoms with E-state index in [0.717, 1.165) is 27.6 Å². The molecular formula is C13H13N5S. The highest BCUT2D eigenvalue weighted by molar-refractivity contribution is 7.09. The van der Waals surface area contributed by atoms with Crippen LogP contribution in [0.2, 0.25) is 0 Å². The first-order valence-corrected chi connectivity index (χ1v) is 6.81. The number of hydrogen-bond donors (Lipinski definition) is 1. The molecule has 0 saturated carbocycles. The molecule has 5 nitrogen and oxygen atoms in total. The Hall–Kier alpha value is -2.08. The van der Waals surface area contributed by atoms with Crippen molar-refractivity contribution in [3.05, 3.63) is 30.6 Å². The number of hydrogen-bond acceptors (Lipinski definition) is 6. The van der Waals surface area contributed by atoms with Crippen molar-refractivity contribution >= 4 is 27.7 Å². The summed E-state index contributed by atoms with van der Waals surface area (Å²) in [6.07, 6.45) is 3.38. The summed E-state index contributed by atoms with van der Waals surface area (Å²) < 4.78 is 4.37. The van der Waals surface area contributed by atoms with E-state index in [1.807, 2.05) is 18.2 Å². The normalized spacial score (nSPS) is 11.1. The van der Waals surface area contributed by atoms with E-state index in [9.17, 15) is 0 Å². The molecule has 0 unspecified atom stereocenters. The Morgan fingerprint density at radius 2 is 1.89 bits per heavy atom. The number of fused-ring (bicyclic) bond motifs is 1. The second-order valence-corrected chi connectivity index (χ2v) is 5.23. The number of nitrogens with zero attached hydrogens (tertiary/aromatic N) is 4. The lowest BCUT2D eigenvalue weighted by Crippen LogP contribution is -2.08. The lowest BCUT2D eigenvalue weighted by molar-refractivity contribution is 0.896. The summed E-state index contributed by atoms with van der Waals surface area (Å²) in [4.78, 5) is 13.0. The molecule has 0 atom stereocenters. The maximum Gasteiger partial charge on any atom is 0.203 e. The van der Waals surface area contributed by atoms with E-state index < -0.39 is 0 Å². The minimum absolute atomic E-state index is 0.350. The Balaban J connectivity index is 1.97. The average molecular weight is 271 g/mol. The van der Waals surface area contributed by atoms with Crippen LogP contribution in [-0.4, -0.2) is 25.4 Å². The van der Waals surface area contributed by atoms with E-state index in [-0.39, 0.29) is 0 Å². The molecule has 2 heterocycles. The van der Waals surface area contributed by atoms with Gasteiger partial charge >= 0.3 is 0 Å². The SMILES string of the molecule is CC(C)Nc1nc(-c2ccc3nccnc3c2)ns1. The van der Waals surface area contributed by atoms with Crippen LogP contribution in [0.4, 0.5) is 5.13 Å². The molecule has 0 radical (unpaired) electrons. The zero-order valence-electron chi connectivity index (χ0n) is 10.7. The van der Waals surface area contributed by atoms with Crippen LogP contribution in [0.25, 0.3) is 22.4 Å². The molecule has 0 aliphatic rings. The third-order valence-corrected chi connectivity index (χ3v) is 3.21. The summed E-state index contributed by atoms with van der Waals surface area (Å²) in [7, 11) is 0. The van der Waals surface area contributed by atoms with Crippen LogP contribution in [0, 0.1) is 0 Å². The van der Waals surface area contributed by atoms with Crippen molar-refractivity contribution in [1.82, 2.24) is 19.3 Å². The number of anilines is 1. The fourth-order valence-electron chi connectivity index (χ4n) is 1.75. The van der Waals surface area contributed by atoms with Crippen molar-refractivity contribution in [1.29, 1.82) is 0 Å². The maximum absolute atomic E-state index is 4.48. The lowest BCUT2D eigenvalue weighted by atomic mass is 10.2. The Morgan fingerprint density at radius 3 is 2.68 bits per heavy atom. The van der Waals surface area contributed by atoms with E-state index in [4.69, 9.17) is 0 Å². The number of benzene rings is 1. The van der Waals surface area contributed by atoms with Crippen molar-refractivity contribution in [2.24, 2.45) is 0 Å². The standard InChI is InChI=1S/C13H13N5S/c1-8(2)16-13-17-12(18-19-13)9-3-4-10-11(7-9)15-6-5-14-10/h3-8H,1-2H3,(H,16,17,18). The van der Waals surface area contributed by atoms with E-state index in [1.165, 1.54) is 11.5 Å². The van der Waals surface area contributed by atoms with Gasteiger partial charge in [-0.15, -0.1) is 0 Å². The van der Waals surface area contributed by atoms with Gasteiger partial charge in [-0.25, -0.2) is 0 Å². The molecule has 0 saturated heterocycles. The minimum Gasteiger partial charge on any atom is -0.358 e. The first-order valence-electron chi connectivity index (χ1n) is 6.04. The van der Waals surface area contributed by atoms with Gasteiger partial charge in [0.25, 0.3) is 0 Å². The molecule has 3 rings (SSSR count). The van der Waals surface area contributed by atoms with Gasteiger partial charge in [0, 0.05) is 35.5 Å². The lowest BCUT2D eigenvalue weighted by Gasteiger charge is -2.03. The zero-order chi connectivity index (χ0) is 13.2. The molecule has 0 spiro atoms. The van der Waals surface area contributed by atoms with Crippen LogP contribution in [0.3, 0.4) is 0 Å². The number of nitrogens with one attached hydrogen (secondary N) is 1. The maximum atomic E-state index is 4.48. The molecule has 0 aliphatic heterocycles. The van der Waals surface area contributed by atoms with Crippen LogP contribution in [0.5, 0.6) is 0 Å². The Labute approximate surface area is 114 Å². The van der Waals surface area contributed by atoms with Crippen LogP contribution in [0.15, 0.2) is 30.6 Å². The fourth-order valence-corrected chi connectivity index (χ4v) is 2.48. The van der Waals surface area contributed by atoms with Crippen LogP contribution in [0.1, 0.15) is 13.8 Å². The zero-order valence-corrected chi connectivity index (χ0v) is 11.5. The van der Waals surface area contributed by atoms with Crippen molar-refractivity contribution in [3.8, 4) is 11.4 Å². The molecule has 0 bridgehead atoms. The van der Waals surface area contributed by atoms with Gasteiger partial charge in [-0.2, -0.15) is 9.36 Å². The summed E-state index contributed by atoms with van der Waals surface area (Å²) in [5.74, 6) is 0.723. The molecule has 0 aliphatic carbocycles. The predicted molar refractivity (Wildman–Crippen MR) is 77.2 cm³/mol. The van der Waals surface area contributed by atoms with Gasteiger partial charge in [-0.1, -0.05) is 0 Å². The van der Waals surface area contributed by atoms with Gasteiger partial charge in [0.2, 0.25) is 5.13 Å². The Kier molecular flexibility index (Phi) is 3.08. The van der Waals surface area contributed by atoms with Crippen LogP contribution < -0.4 is 5.32 Å². The number of rotatable bonds is 3. The van der Waals surface area contributed by atoms with Crippen molar-refractivity contribution < 1.29 is 0 Å². The monoisotopic (exact) mass is 271 g/mol. The summed E-state index contributed by atoms with van der Waals surface area (Å²) >= 11 is 1.37. The third kappa shape index (κ3) is 2.53. The van der Waals surface area contributed by atoms with E-state index >= 15 is 0 Å². The summed E-state index contributed by atoms with van der Waals surface area (Å²) in [5, 5.41) is 4.09. The quantitative estimate of drug-likeness (QED) is 0.793. The van der Waals surface area contributed by atoms with Crippen molar-refractivity contribution in [2.75, 3.05) is 5.32 Å². The van der Waals surface area contributed by atoms with E-state index in [0.29, 0.717) is 6.04 Å². The minimum atomic E-state index is 0.350. The molecule has 1 aromatic carbocycles. The highest BCUT2D eigenvalue weighted by atomic mass is 32.1. The van der Waals surface area contributed by atoms with E-state index in [2.05, 4.69) is 38.5 Å². The molecule has 3 aromatic rings. The van der Waals surface area contributed by atoms with Gasteiger partial charge in [0.1, 0.15) is 0 Å². The summed E-state index contributed by atoms with van der Waals surface area (Å²) in [6.45, 7) is 4.15. The highest BCUT2D eigenvalue weighted by Crippen LogP contribution is 2.23. The predicted octanol–water partition coefficient (Wildman–Crippen LogP) is 2.97. The van der Waals surface area contributed by atoms with Crippen molar-refractivity contribution in [2.45, 2.75) is 19.9 Å². The second-order valence-electron chi connectivity index (χ2n) is 4.48. The smallest absolute Gasteiger partial charge is 0.203 e. The van der Waals surface area contributed by atoms with Crippen LogP contribution in [-0.2, 0) is 0 Å². The van der Waals surface area contributed by atoms with Crippen molar-refractivity contribution in [3.63, 3.8) is 0 Å². The van der Waals surface area contributed by atoms with Gasteiger partial charge in [-0.05, 0) is 32.0 Å². The Bertz CT molecular complexity index is 707. The topological polar surface area (TPSA) is 63.6 Å². The number of aromatic nitrogens is 4. The largest absolute Gasteiger partial charge is 0.358 e. The molecule has 6 heteroatoms. The molecule has 0 amide bonds. The van der Waals surface area contributed by atoms with Crippen LogP contribution >= 0.6 is 11.5 Å². The highest BCUT2D eigenvalue weighted by Gasteiger charge is 2.08. The van der Waals surface area contributed by atoms with E-state index in [1.54, 1.807) is 12.4 Å². The molecular weight excluding hydrogens is 258 g/mol. The molecule has 0 fully saturated rings. The average Bonchev–Trinajstić information content (AvgIpc) is 2.86. The second kappa shape index (κ2) is 4.89. The molecule has 19 heavy (non-hydrogen) atoms. The summed E-state index contributed by atoms with van der Waals surface area (Å²) in [6, 6.07) is 6.22. The third-order valence-electron chi connectivity index (χ3n) is 2.57. The fraction of sp³-hybridized carbons (Fsp3) is 0.231. The molecule has 2 aromatic heterocycles. The summed E-state index contributed by atoms with van der Waals surface area (Å²) in [5.41, 5.74) is 2.69. The van der Waals surface area contributed by atoms with Gasteiger partial charge in [-0.3, -0.25) is 9.97 Å². The van der Waals surface area contributed by atoms with Gasteiger partial charge in [0.05, 0.1) is 11.0 Å². The molecule has 96 valence electrons. The van der Waals surface area contributed by atoms with Gasteiger partial charge in [0.15, 0.2) is 5.82 Å². The first kappa shape index (κ1) is 12.0. The first-order chi connectivity index (χ1) is 9.22. The van der Waals surface area contributed by atoms with Gasteiger partial charge < -0.3 is 5.32 Å². The molecule has 1 N–H and O–H groups in total.